The lowest BCUT2D eigenvalue weighted by atomic mass is 9.95. The maximum atomic E-state index is 13.6. The van der Waals surface area contributed by atoms with Crippen molar-refractivity contribution in [2.24, 2.45) is 0 Å². The lowest BCUT2D eigenvalue weighted by Crippen LogP contribution is -1.90. The fourth-order valence-electron chi connectivity index (χ4n) is 6.15. The number of nitrogens with zero attached hydrogens (tertiary/aromatic N) is 4. The van der Waals surface area contributed by atoms with Crippen LogP contribution in [-0.2, 0) is 0 Å². The standard InChI is InChI=1S/C38H16F2N4/c1-43-35(19-41)37-31-15-23(21-3-9-25(39)10-4-21)7-13-27(31)29-18-34-30(17-33(29)37)28-14-8-24(22-5-11-26(40)12-6-22)16-32(28)38(34)36(20-42)44-2/h3-18H. The third-order valence-electron chi connectivity index (χ3n) is 8.12. The number of hydrogen-bond donors (Lipinski definition) is 0. The average molecular weight is 567 g/mol. The van der Waals surface area contributed by atoms with Crippen molar-refractivity contribution in [2.75, 3.05) is 0 Å². The van der Waals surface area contributed by atoms with Crippen LogP contribution in [0, 0.1) is 47.4 Å². The molecule has 5 aromatic rings. The van der Waals surface area contributed by atoms with E-state index in [1.54, 1.807) is 24.3 Å². The number of fused-ring (bicyclic) bond motifs is 6. The highest BCUT2D eigenvalue weighted by molar-refractivity contribution is 6.11. The number of rotatable bonds is 2. The van der Waals surface area contributed by atoms with Crippen molar-refractivity contribution >= 4 is 11.1 Å². The Kier molecular flexibility index (Phi) is 6.00. The molecule has 0 unspecified atom stereocenters. The summed E-state index contributed by atoms with van der Waals surface area (Å²) in [5.41, 5.74) is 10.1. The summed E-state index contributed by atoms with van der Waals surface area (Å²) in [4.78, 5) is 7.12. The van der Waals surface area contributed by atoms with Crippen LogP contribution in [0.5, 0.6) is 0 Å². The zero-order chi connectivity index (χ0) is 30.5. The summed E-state index contributed by atoms with van der Waals surface area (Å²) in [5.74, 6) is -0.690. The summed E-state index contributed by atoms with van der Waals surface area (Å²) in [6.45, 7) is 15.6. The van der Waals surface area contributed by atoms with Gasteiger partial charge in [0.25, 0.3) is 11.4 Å². The largest absolute Gasteiger partial charge is 0.270 e. The van der Waals surface area contributed by atoms with Gasteiger partial charge in [-0.25, -0.2) is 29.0 Å². The molecule has 0 aromatic heterocycles. The molecule has 0 heterocycles. The third kappa shape index (κ3) is 3.92. The zero-order valence-electron chi connectivity index (χ0n) is 22.8. The minimum absolute atomic E-state index is 0.0549. The van der Waals surface area contributed by atoms with Gasteiger partial charge in [-0.05, 0) is 115 Å². The molecule has 2 aliphatic rings. The summed E-state index contributed by atoms with van der Waals surface area (Å²) < 4.78 is 27.2. The first-order chi connectivity index (χ1) is 21.4. The molecule has 2 aliphatic carbocycles. The van der Waals surface area contributed by atoms with Crippen LogP contribution in [0.1, 0.15) is 22.3 Å². The average Bonchev–Trinajstić information content (AvgIpc) is 3.53. The van der Waals surface area contributed by atoms with Crippen LogP contribution < -0.4 is 0 Å². The second kappa shape index (κ2) is 10.0. The third-order valence-corrected chi connectivity index (χ3v) is 8.12. The summed E-state index contributed by atoms with van der Waals surface area (Å²) in [7, 11) is 0. The van der Waals surface area contributed by atoms with Crippen LogP contribution in [0.4, 0.5) is 8.78 Å². The molecular formula is C38H16F2N4. The number of allylic oxidation sites excluding steroid dienone is 2. The van der Waals surface area contributed by atoms with E-state index in [4.69, 9.17) is 13.1 Å². The predicted molar refractivity (Wildman–Crippen MR) is 165 cm³/mol. The molecule has 0 amide bonds. The fourth-order valence-corrected chi connectivity index (χ4v) is 6.15. The lowest BCUT2D eigenvalue weighted by Gasteiger charge is -2.09. The van der Waals surface area contributed by atoms with Gasteiger partial charge in [0.1, 0.15) is 11.6 Å². The summed E-state index contributed by atoms with van der Waals surface area (Å²) in [6, 6.07) is 31.7. The highest BCUT2D eigenvalue weighted by Crippen LogP contribution is 2.54. The van der Waals surface area contributed by atoms with Gasteiger partial charge < -0.3 is 0 Å². The maximum Gasteiger partial charge on any atom is 0.270 e. The van der Waals surface area contributed by atoms with Crippen LogP contribution in [0.25, 0.3) is 65.3 Å². The summed E-state index contributed by atoms with van der Waals surface area (Å²) in [5, 5.41) is 20.0. The van der Waals surface area contributed by atoms with Crippen LogP contribution in [0.3, 0.4) is 0 Å². The first-order valence-electron chi connectivity index (χ1n) is 13.5. The van der Waals surface area contributed by atoms with Crippen molar-refractivity contribution in [1.29, 1.82) is 10.5 Å². The minimum atomic E-state index is -0.345. The van der Waals surface area contributed by atoms with Crippen molar-refractivity contribution in [3.63, 3.8) is 0 Å². The Morgan fingerprint density at radius 1 is 0.455 bits per heavy atom. The highest BCUT2D eigenvalue weighted by Gasteiger charge is 2.33. The summed E-state index contributed by atoms with van der Waals surface area (Å²) in [6.07, 6.45) is 0. The Morgan fingerprint density at radius 3 is 1.14 bits per heavy atom. The number of hydrogen-bond acceptors (Lipinski definition) is 2. The van der Waals surface area contributed by atoms with Crippen molar-refractivity contribution in [1.82, 2.24) is 0 Å². The fraction of sp³-hybridized carbons (Fsp3) is 0. The quantitative estimate of drug-likeness (QED) is 0.155. The van der Waals surface area contributed by atoms with E-state index < -0.39 is 0 Å². The molecule has 0 saturated carbocycles. The van der Waals surface area contributed by atoms with E-state index in [1.165, 1.54) is 24.3 Å². The molecule has 0 radical (unpaired) electrons. The van der Waals surface area contributed by atoms with E-state index in [1.807, 2.05) is 48.5 Å². The molecule has 0 spiro atoms. The van der Waals surface area contributed by atoms with Gasteiger partial charge in [0.2, 0.25) is 0 Å². The topological polar surface area (TPSA) is 56.3 Å². The van der Waals surface area contributed by atoms with Crippen LogP contribution in [-0.4, -0.2) is 0 Å². The first-order valence-corrected chi connectivity index (χ1v) is 13.5. The van der Waals surface area contributed by atoms with E-state index >= 15 is 0 Å². The Morgan fingerprint density at radius 2 is 0.795 bits per heavy atom. The Labute approximate surface area is 252 Å². The van der Waals surface area contributed by atoms with Gasteiger partial charge in [0.05, 0.1) is 25.3 Å². The smallest absolute Gasteiger partial charge is 0.226 e. The molecule has 7 rings (SSSR count). The molecule has 6 heteroatoms. The molecule has 0 atom stereocenters. The molecular weight excluding hydrogens is 550 g/mol. The van der Waals surface area contributed by atoms with Crippen LogP contribution >= 0.6 is 0 Å². The lowest BCUT2D eigenvalue weighted by molar-refractivity contribution is 0.627. The van der Waals surface area contributed by atoms with Gasteiger partial charge in [-0.3, -0.25) is 0 Å². The van der Waals surface area contributed by atoms with E-state index in [0.717, 1.165) is 44.5 Å². The second-order valence-corrected chi connectivity index (χ2v) is 10.4. The molecule has 0 aliphatic heterocycles. The van der Waals surface area contributed by atoms with Crippen LogP contribution in [0.2, 0.25) is 0 Å². The first kappa shape index (κ1) is 26.3. The predicted octanol–water partition coefficient (Wildman–Crippen LogP) is 9.66. The molecule has 202 valence electrons. The molecule has 4 nitrogen and oxygen atoms in total. The molecule has 5 aromatic carbocycles. The van der Waals surface area contributed by atoms with Crippen LogP contribution in [0.15, 0.2) is 108 Å². The van der Waals surface area contributed by atoms with Crippen molar-refractivity contribution in [3.8, 4) is 56.6 Å². The molecule has 0 N–H and O–H groups in total. The summed E-state index contributed by atoms with van der Waals surface area (Å²) >= 11 is 0. The number of halogens is 2. The number of benzene rings is 5. The van der Waals surface area contributed by atoms with Crippen molar-refractivity contribution in [3.05, 3.63) is 165 Å². The normalized spacial score (nSPS) is 14.1. The number of nitriles is 2. The van der Waals surface area contributed by atoms with E-state index in [2.05, 4.69) is 21.8 Å². The second-order valence-electron chi connectivity index (χ2n) is 10.4. The molecule has 0 saturated heterocycles. The monoisotopic (exact) mass is 566 g/mol. The maximum absolute atomic E-state index is 13.6. The van der Waals surface area contributed by atoms with Gasteiger partial charge in [-0.2, -0.15) is 0 Å². The van der Waals surface area contributed by atoms with Gasteiger partial charge in [0.15, 0.2) is 0 Å². The molecule has 44 heavy (non-hydrogen) atoms. The van der Waals surface area contributed by atoms with Gasteiger partial charge in [-0.15, -0.1) is 0 Å². The molecule has 0 fully saturated rings. The van der Waals surface area contributed by atoms with Gasteiger partial charge >= 0.3 is 0 Å². The molecule has 0 bridgehead atoms. The van der Waals surface area contributed by atoms with E-state index in [9.17, 15) is 19.3 Å². The van der Waals surface area contributed by atoms with Crippen molar-refractivity contribution in [2.45, 2.75) is 0 Å². The van der Waals surface area contributed by atoms with Gasteiger partial charge in [0, 0.05) is 11.1 Å². The SMILES string of the molecule is [C-]#[N+]C(C#N)=C1c2cc(-c3ccc(F)cc3)ccc2-c2cc3c(cc21)-c1ccc(-c2ccc(F)cc2)cc1C3=C(C#N)[N+]#[C-]. The van der Waals surface area contributed by atoms with E-state index in [-0.39, 0.29) is 23.0 Å². The Hall–Kier alpha value is -6.60. The Bertz CT molecular complexity index is 2120. The minimum Gasteiger partial charge on any atom is -0.226 e. The zero-order valence-corrected chi connectivity index (χ0v) is 22.8. The highest BCUT2D eigenvalue weighted by atomic mass is 19.1. The Balaban J connectivity index is 1.48. The van der Waals surface area contributed by atoms with Gasteiger partial charge in [-0.1, -0.05) is 48.5 Å². The van der Waals surface area contributed by atoms with E-state index in [0.29, 0.717) is 33.4 Å². The van der Waals surface area contributed by atoms with Crippen molar-refractivity contribution < 1.29 is 8.78 Å².